The summed E-state index contributed by atoms with van der Waals surface area (Å²) in [5.74, 6) is -1.50. The number of Topliss-reactive ketones (excluding diaryl/α,β-unsaturated/α-hetero) is 1. The average molecular weight is 325 g/mol. The Balaban J connectivity index is 1.99. The number of rotatable bonds is 5. The minimum atomic E-state index is -0.898. The van der Waals surface area contributed by atoms with Gasteiger partial charge >= 0.3 is 0 Å². The van der Waals surface area contributed by atoms with Crippen LogP contribution in [0.15, 0.2) is 42.5 Å². The van der Waals surface area contributed by atoms with Crippen LogP contribution in [0.1, 0.15) is 23.0 Å². The highest BCUT2D eigenvalue weighted by atomic mass is 16.5. The second kappa shape index (κ2) is 6.70. The normalized spacial score (nSPS) is 16.6. The minimum Gasteiger partial charge on any atom is -0.478 e. The summed E-state index contributed by atoms with van der Waals surface area (Å²) >= 11 is 0. The molecule has 1 amide bonds. The Labute approximate surface area is 140 Å². The lowest BCUT2D eigenvalue weighted by Crippen LogP contribution is -2.45. The highest BCUT2D eigenvalue weighted by molar-refractivity contribution is 6.13. The van der Waals surface area contributed by atoms with Crippen molar-refractivity contribution < 1.29 is 14.3 Å². The number of hydrogen-bond donors (Lipinski definition) is 1. The van der Waals surface area contributed by atoms with Crippen molar-refractivity contribution >= 4 is 17.4 Å². The second-order valence-electron chi connectivity index (χ2n) is 5.64. The van der Waals surface area contributed by atoms with Crippen molar-refractivity contribution in [2.45, 2.75) is 13.5 Å². The largest absolute Gasteiger partial charge is 0.478 e. The molecule has 2 heterocycles. The fourth-order valence-electron chi connectivity index (χ4n) is 2.84. The molecule has 0 saturated carbocycles. The highest BCUT2D eigenvalue weighted by Crippen LogP contribution is 2.31. The van der Waals surface area contributed by atoms with Crippen LogP contribution in [0.3, 0.4) is 0 Å². The number of primary amides is 1. The van der Waals surface area contributed by atoms with Gasteiger partial charge in [-0.3, -0.25) is 9.59 Å². The van der Waals surface area contributed by atoms with E-state index in [-0.39, 0.29) is 18.0 Å². The quantitative estimate of drug-likeness (QED) is 0.847. The Morgan fingerprint density at radius 2 is 2.04 bits per heavy atom. The van der Waals surface area contributed by atoms with E-state index in [1.54, 1.807) is 6.07 Å². The number of aromatic nitrogens is 1. The Morgan fingerprint density at radius 1 is 1.29 bits per heavy atom. The smallest absolute Gasteiger partial charge is 0.230 e. The number of hydrogen-bond acceptors (Lipinski definition) is 5. The first-order valence-corrected chi connectivity index (χ1v) is 7.86. The molecule has 0 saturated heterocycles. The first-order valence-electron chi connectivity index (χ1n) is 7.86. The van der Waals surface area contributed by atoms with Crippen molar-refractivity contribution in [2.75, 3.05) is 18.1 Å². The summed E-state index contributed by atoms with van der Waals surface area (Å²) in [7, 11) is 0. The summed E-state index contributed by atoms with van der Waals surface area (Å²) in [5.41, 5.74) is 7.44. The number of amides is 1. The van der Waals surface area contributed by atoms with E-state index in [0.717, 1.165) is 5.56 Å². The lowest BCUT2D eigenvalue weighted by molar-refractivity contribution is -0.120. The standard InChI is InChI=1S/C18H19N3O3/c1-2-24-15-9-8-14-16(20-15)17(22)13(18(19)23)11-21(14)10-12-6-4-3-5-7-12/h3-9,13H,2,10-11H2,1H3,(H2,19,23). The van der Waals surface area contributed by atoms with Crippen LogP contribution >= 0.6 is 0 Å². The summed E-state index contributed by atoms with van der Waals surface area (Å²) < 4.78 is 5.37. The Kier molecular flexibility index (Phi) is 4.46. The fourth-order valence-corrected chi connectivity index (χ4v) is 2.84. The van der Waals surface area contributed by atoms with Gasteiger partial charge in [0, 0.05) is 19.2 Å². The molecule has 124 valence electrons. The number of anilines is 1. The summed E-state index contributed by atoms with van der Waals surface area (Å²) in [6, 6.07) is 13.4. The maximum Gasteiger partial charge on any atom is 0.230 e. The topological polar surface area (TPSA) is 85.5 Å². The molecule has 1 atom stereocenters. The van der Waals surface area contributed by atoms with Crippen LogP contribution in [0.5, 0.6) is 5.88 Å². The van der Waals surface area contributed by atoms with Gasteiger partial charge in [-0.15, -0.1) is 0 Å². The highest BCUT2D eigenvalue weighted by Gasteiger charge is 2.36. The maximum atomic E-state index is 12.6. The van der Waals surface area contributed by atoms with Crippen molar-refractivity contribution in [3.05, 3.63) is 53.7 Å². The van der Waals surface area contributed by atoms with Crippen LogP contribution < -0.4 is 15.4 Å². The fraction of sp³-hybridized carbons (Fsp3) is 0.278. The zero-order valence-corrected chi connectivity index (χ0v) is 13.4. The van der Waals surface area contributed by atoms with Crippen LogP contribution in [0.4, 0.5) is 5.69 Å². The third-order valence-electron chi connectivity index (χ3n) is 3.99. The van der Waals surface area contributed by atoms with Gasteiger partial charge < -0.3 is 15.4 Å². The number of benzene rings is 1. The van der Waals surface area contributed by atoms with Gasteiger partial charge in [0.1, 0.15) is 11.6 Å². The first kappa shape index (κ1) is 16.0. The lowest BCUT2D eigenvalue weighted by Gasteiger charge is -2.33. The average Bonchev–Trinajstić information content (AvgIpc) is 2.58. The molecule has 0 radical (unpaired) electrons. The Hall–Kier alpha value is -2.89. The van der Waals surface area contributed by atoms with Crippen molar-refractivity contribution in [1.82, 2.24) is 4.98 Å². The lowest BCUT2D eigenvalue weighted by atomic mass is 9.93. The Morgan fingerprint density at radius 3 is 2.71 bits per heavy atom. The van der Waals surface area contributed by atoms with Crippen LogP contribution in [0.2, 0.25) is 0 Å². The van der Waals surface area contributed by atoms with Gasteiger partial charge in [0.2, 0.25) is 11.8 Å². The van der Waals surface area contributed by atoms with E-state index in [1.807, 2.05) is 48.2 Å². The molecule has 6 nitrogen and oxygen atoms in total. The van der Waals surface area contributed by atoms with Gasteiger partial charge in [-0.05, 0) is 18.6 Å². The van der Waals surface area contributed by atoms with E-state index < -0.39 is 11.8 Å². The SMILES string of the molecule is CCOc1ccc2c(n1)C(=O)C(C(N)=O)CN2Cc1ccccc1. The molecule has 1 unspecified atom stereocenters. The van der Waals surface area contributed by atoms with E-state index in [0.29, 0.717) is 24.7 Å². The Bertz CT molecular complexity index is 761. The zero-order valence-electron chi connectivity index (χ0n) is 13.4. The molecule has 3 rings (SSSR count). The molecule has 0 aliphatic carbocycles. The van der Waals surface area contributed by atoms with Crippen LogP contribution in [0.25, 0.3) is 0 Å². The van der Waals surface area contributed by atoms with Gasteiger partial charge in [0.15, 0.2) is 5.78 Å². The van der Waals surface area contributed by atoms with E-state index in [4.69, 9.17) is 10.5 Å². The third-order valence-corrected chi connectivity index (χ3v) is 3.99. The summed E-state index contributed by atoms with van der Waals surface area (Å²) in [6.07, 6.45) is 0. The summed E-state index contributed by atoms with van der Waals surface area (Å²) in [4.78, 5) is 30.5. The number of fused-ring (bicyclic) bond motifs is 1. The molecule has 2 N–H and O–H groups in total. The molecular formula is C18H19N3O3. The molecule has 6 heteroatoms. The van der Waals surface area contributed by atoms with Crippen molar-refractivity contribution in [2.24, 2.45) is 11.7 Å². The van der Waals surface area contributed by atoms with Gasteiger partial charge in [-0.1, -0.05) is 30.3 Å². The number of pyridine rings is 1. The molecule has 0 spiro atoms. The molecule has 1 aromatic carbocycles. The second-order valence-corrected chi connectivity index (χ2v) is 5.64. The molecule has 1 aromatic heterocycles. The van der Waals surface area contributed by atoms with Crippen LogP contribution in [0, 0.1) is 5.92 Å². The van der Waals surface area contributed by atoms with E-state index in [2.05, 4.69) is 4.98 Å². The minimum absolute atomic E-state index is 0.243. The predicted octanol–water partition coefficient (Wildman–Crippen LogP) is 1.78. The van der Waals surface area contributed by atoms with Crippen molar-refractivity contribution in [1.29, 1.82) is 0 Å². The first-order chi connectivity index (χ1) is 11.6. The van der Waals surface area contributed by atoms with Crippen LogP contribution in [-0.2, 0) is 11.3 Å². The molecule has 2 aromatic rings. The third kappa shape index (κ3) is 3.08. The van der Waals surface area contributed by atoms with Crippen molar-refractivity contribution in [3.8, 4) is 5.88 Å². The van der Waals surface area contributed by atoms with Gasteiger partial charge in [-0.25, -0.2) is 4.98 Å². The van der Waals surface area contributed by atoms with E-state index in [1.165, 1.54) is 0 Å². The number of nitrogens with zero attached hydrogens (tertiary/aromatic N) is 2. The summed E-state index contributed by atoms with van der Waals surface area (Å²) in [6.45, 7) is 3.12. The summed E-state index contributed by atoms with van der Waals surface area (Å²) in [5, 5.41) is 0. The van der Waals surface area contributed by atoms with Crippen LogP contribution in [-0.4, -0.2) is 29.8 Å². The number of nitrogens with two attached hydrogens (primary N) is 1. The van der Waals surface area contributed by atoms with Gasteiger partial charge in [0.25, 0.3) is 0 Å². The number of carbonyl (C=O) groups excluding carboxylic acids is 2. The van der Waals surface area contributed by atoms with Crippen molar-refractivity contribution in [3.63, 3.8) is 0 Å². The van der Waals surface area contributed by atoms with E-state index >= 15 is 0 Å². The zero-order chi connectivity index (χ0) is 17.1. The predicted molar refractivity (Wildman–Crippen MR) is 89.9 cm³/mol. The number of carbonyl (C=O) groups is 2. The molecule has 1 aliphatic heterocycles. The molecule has 0 fully saturated rings. The molecule has 1 aliphatic rings. The number of ether oxygens (including phenoxy) is 1. The van der Waals surface area contributed by atoms with E-state index in [9.17, 15) is 9.59 Å². The van der Waals surface area contributed by atoms with Gasteiger partial charge in [0.05, 0.1) is 12.3 Å². The molecule has 0 bridgehead atoms. The molecular weight excluding hydrogens is 306 g/mol. The van der Waals surface area contributed by atoms with Gasteiger partial charge in [-0.2, -0.15) is 0 Å². The number of ketones is 1. The monoisotopic (exact) mass is 325 g/mol. The maximum absolute atomic E-state index is 12.6. The molecule has 24 heavy (non-hydrogen) atoms.